The van der Waals surface area contributed by atoms with Crippen LogP contribution in [0.3, 0.4) is 0 Å². The summed E-state index contributed by atoms with van der Waals surface area (Å²) in [4.78, 5) is 17.4. The Morgan fingerprint density at radius 1 is 1.34 bits per heavy atom. The number of hydrogen-bond acceptors (Lipinski definition) is 8. The summed E-state index contributed by atoms with van der Waals surface area (Å²) in [5, 5.41) is 13.2. The molecule has 0 aliphatic rings. The van der Waals surface area contributed by atoms with Gasteiger partial charge in [-0.2, -0.15) is 5.26 Å². The van der Waals surface area contributed by atoms with Gasteiger partial charge >= 0.3 is 0 Å². The van der Waals surface area contributed by atoms with Gasteiger partial charge in [-0.05, 0) is 55.7 Å². The van der Waals surface area contributed by atoms with E-state index in [4.69, 9.17) is 7.25 Å². The Morgan fingerprint density at radius 3 is 2.75 bits per heavy atom. The molecular formula is C21H24IN5O3S2. The molecule has 0 saturated carbocycles. The molecule has 3 rings (SSSR count). The summed E-state index contributed by atoms with van der Waals surface area (Å²) < 4.78 is 13.8. The van der Waals surface area contributed by atoms with E-state index in [1.54, 1.807) is 45.3 Å². The zero-order valence-electron chi connectivity index (χ0n) is 18.4. The van der Waals surface area contributed by atoms with E-state index in [9.17, 15) is 10.1 Å². The molecule has 2 aromatic heterocycles. The van der Waals surface area contributed by atoms with Gasteiger partial charge in [-0.3, -0.25) is 4.79 Å². The van der Waals surface area contributed by atoms with E-state index in [2.05, 4.69) is 16.4 Å². The number of halogens is 1. The fourth-order valence-electron chi connectivity index (χ4n) is 2.88. The molecule has 170 valence electrons. The molecule has 0 fully saturated rings. The molecule has 32 heavy (non-hydrogen) atoms. The van der Waals surface area contributed by atoms with Gasteiger partial charge in [0.05, 0.1) is 19.2 Å². The molecule has 1 N–H and O–H groups in total. The molecule has 8 nitrogen and oxygen atoms in total. The number of nitrogens with zero attached hydrogens (tertiary/aromatic N) is 4. The Morgan fingerprint density at radius 2 is 2.09 bits per heavy atom. The lowest BCUT2D eigenvalue weighted by Gasteiger charge is -2.17. The van der Waals surface area contributed by atoms with Gasteiger partial charge in [-0.1, -0.05) is 13.8 Å². The van der Waals surface area contributed by atoms with Crippen LogP contribution in [0.25, 0.3) is 10.9 Å². The summed E-state index contributed by atoms with van der Waals surface area (Å²) in [6, 6.07) is 11.4. The average molecular weight is 585 g/mol. The number of carbonyl (C=O) groups is 1. The molecule has 3 aromatic rings. The normalized spacial score (nSPS) is 10.4. The molecule has 0 unspecified atom stereocenters. The van der Waals surface area contributed by atoms with Crippen molar-refractivity contribution < 1.29 is 12.0 Å². The maximum absolute atomic E-state index is 12.5. The third-order valence-corrected chi connectivity index (χ3v) is 6.04. The molecule has 11 heteroatoms. The number of pyridine rings is 1. The lowest BCUT2D eigenvalue weighted by Crippen LogP contribution is -2.25. The number of aryl methyl sites for hydroxylation is 1. The van der Waals surface area contributed by atoms with E-state index in [0.717, 1.165) is 33.6 Å². The minimum atomic E-state index is -0.166. The second-order valence-electron chi connectivity index (χ2n) is 6.29. The molecular weight excluding hydrogens is 561 g/mol. The Hall–Kier alpha value is -1.98. The topological polar surface area (TPSA) is 92.4 Å². The number of ether oxygens (including phenoxy) is 1. The molecule has 1 amide bonds. The quantitative estimate of drug-likeness (QED) is 0.207. The van der Waals surface area contributed by atoms with Crippen molar-refractivity contribution in [2.24, 2.45) is 0 Å². The fraction of sp³-hybridized carbons (Fsp3) is 0.286. The third kappa shape index (κ3) is 6.76. The minimum Gasteiger partial charge on any atom is -0.481 e. The smallest absolute Gasteiger partial charge is 0.239 e. The lowest BCUT2D eigenvalue weighted by molar-refractivity contribution is -0.116. The summed E-state index contributed by atoms with van der Waals surface area (Å²) in [5.74, 6) is 0.266. The number of hydrogen-bond donors (Lipinski definition) is 1. The van der Waals surface area contributed by atoms with Crippen molar-refractivity contribution in [1.82, 2.24) is 13.3 Å². The number of methoxy groups -OCH3 is 1. The van der Waals surface area contributed by atoms with Crippen molar-refractivity contribution in [1.29, 1.82) is 5.26 Å². The lowest BCUT2D eigenvalue weighted by atomic mass is 10.2. The number of carbonyl (C=O) groups excluding carboxylic acids is 1. The second kappa shape index (κ2) is 12.9. The Labute approximate surface area is 210 Å². The number of fused-ring (bicyclic) bond motifs is 1. The van der Waals surface area contributed by atoms with Crippen LogP contribution in [0.4, 0.5) is 5.69 Å². The van der Waals surface area contributed by atoms with E-state index in [1.165, 1.54) is 19.1 Å². The number of nitrogens with one attached hydrogen (secondary N) is 1. The molecule has 0 saturated heterocycles. The fourth-order valence-corrected chi connectivity index (χ4v) is 4.98. The molecule has 1 aromatic carbocycles. The summed E-state index contributed by atoms with van der Waals surface area (Å²) in [7, 11) is 3.36. The van der Waals surface area contributed by atoms with E-state index in [-0.39, 0.29) is 12.5 Å². The van der Waals surface area contributed by atoms with Crippen LogP contribution in [0.2, 0.25) is 0 Å². The molecule has 0 radical (unpaired) electrons. The number of rotatable bonds is 8. The highest BCUT2D eigenvalue weighted by molar-refractivity contribution is 14.1. The van der Waals surface area contributed by atoms with Crippen molar-refractivity contribution in [3.63, 3.8) is 0 Å². The molecule has 0 aliphatic heterocycles. The van der Waals surface area contributed by atoms with Crippen LogP contribution < -0.4 is 10.1 Å². The first-order valence-electron chi connectivity index (χ1n) is 9.66. The molecule has 0 atom stereocenters. The zero-order chi connectivity index (χ0) is 23.7. The standard InChI is InChI=1S/C19H18IN5O3S2.C2H6/c1-12-6-13-8-15(10-21)25(30-28-20)19(13)16(7-12)29-24(2)11-17(26)23-14-4-5-22-18(9-14)27-3;1-2/h4-9H,11H2,1-3H3,(H,22,23,26);1-2H3. The molecule has 0 bridgehead atoms. The van der Waals surface area contributed by atoms with Gasteiger partial charge in [-0.15, -0.1) is 0 Å². The van der Waals surface area contributed by atoms with Crippen LogP contribution in [0.15, 0.2) is 41.4 Å². The number of anilines is 1. The van der Waals surface area contributed by atoms with Gasteiger partial charge in [0.15, 0.2) is 0 Å². The van der Waals surface area contributed by atoms with E-state index >= 15 is 0 Å². The van der Waals surface area contributed by atoms with E-state index in [1.807, 2.05) is 50.3 Å². The number of likely N-dealkylation sites (N-methyl/N-ethyl adjacent to an activating group) is 1. The van der Waals surface area contributed by atoms with Gasteiger partial charge < -0.3 is 10.1 Å². The van der Waals surface area contributed by atoms with Crippen LogP contribution in [-0.2, 0) is 7.31 Å². The third-order valence-electron chi connectivity index (χ3n) is 4.03. The summed E-state index contributed by atoms with van der Waals surface area (Å²) in [6.07, 6.45) is 1.57. The van der Waals surface area contributed by atoms with E-state index < -0.39 is 0 Å². The minimum absolute atomic E-state index is 0.159. The second-order valence-corrected chi connectivity index (χ2v) is 9.25. The molecule has 0 aliphatic carbocycles. The van der Waals surface area contributed by atoms with E-state index in [0.29, 0.717) is 17.3 Å². The van der Waals surface area contributed by atoms with Crippen molar-refractivity contribution in [2.75, 3.05) is 26.0 Å². The largest absolute Gasteiger partial charge is 0.481 e. The first kappa shape index (κ1) is 26.3. The maximum atomic E-state index is 12.5. The van der Waals surface area contributed by atoms with Crippen LogP contribution >= 0.6 is 47.2 Å². The van der Waals surface area contributed by atoms with Gasteiger partial charge in [0, 0.05) is 28.2 Å². The Kier molecular flexibility index (Phi) is 10.6. The van der Waals surface area contributed by atoms with Gasteiger partial charge in [0.2, 0.25) is 11.8 Å². The number of nitriles is 1. The van der Waals surface area contributed by atoms with Gasteiger partial charge in [-0.25, -0.2) is 15.8 Å². The number of amides is 1. The highest BCUT2D eigenvalue weighted by atomic mass is 127. The first-order chi connectivity index (χ1) is 15.4. The van der Waals surface area contributed by atoms with Crippen molar-refractivity contribution in [3.05, 3.63) is 47.8 Å². The van der Waals surface area contributed by atoms with Crippen molar-refractivity contribution >= 4 is 69.7 Å². The highest BCUT2D eigenvalue weighted by Crippen LogP contribution is 2.36. The van der Waals surface area contributed by atoms with Crippen molar-refractivity contribution in [3.8, 4) is 11.9 Å². The summed E-state index contributed by atoms with van der Waals surface area (Å²) in [6.45, 7) is 6.16. The van der Waals surface area contributed by atoms with Crippen LogP contribution in [0.1, 0.15) is 25.1 Å². The summed E-state index contributed by atoms with van der Waals surface area (Å²) in [5.41, 5.74) is 3.04. The predicted molar refractivity (Wildman–Crippen MR) is 139 cm³/mol. The first-order valence-corrected chi connectivity index (χ1v) is 12.0. The van der Waals surface area contributed by atoms with Crippen molar-refractivity contribution in [2.45, 2.75) is 25.7 Å². The van der Waals surface area contributed by atoms with Crippen LogP contribution in [0.5, 0.6) is 5.88 Å². The highest BCUT2D eigenvalue weighted by Gasteiger charge is 2.17. The van der Waals surface area contributed by atoms with Crippen LogP contribution in [0, 0.1) is 18.3 Å². The maximum Gasteiger partial charge on any atom is 0.239 e. The monoisotopic (exact) mass is 585 g/mol. The number of aromatic nitrogens is 2. The summed E-state index contributed by atoms with van der Waals surface area (Å²) >= 11 is 4.29. The SMILES string of the molecule is CC.COc1cc(NC(=O)CN(C)Sc2cc(C)cc3cc(C#N)n(SOI)c23)ccn1. The number of benzene rings is 1. The molecule has 2 heterocycles. The Bertz CT molecular complexity index is 1120. The molecule has 0 spiro atoms. The van der Waals surface area contributed by atoms with Gasteiger partial charge in [0.25, 0.3) is 0 Å². The predicted octanol–water partition coefficient (Wildman–Crippen LogP) is 5.61. The van der Waals surface area contributed by atoms with Gasteiger partial charge in [0.1, 0.15) is 47.0 Å². The zero-order valence-corrected chi connectivity index (χ0v) is 22.2. The van der Waals surface area contributed by atoms with Crippen LogP contribution in [-0.4, -0.2) is 39.9 Å². The Balaban J connectivity index is 0.00000176. The average Bonchev–Trinajstić information content (AvgIpc) is 3.12.